The van der Waals surface area contributed by atoms with Crippen molar-refractivity contribution < 1.29 is 13.2 Å². The normalized spacial score (nSPS) is 17.6. The summed E-state index contributed by atoms with van der Waals surface area (Å²) in [6.07, 6.45) is -3.35. The summed E-state index contributed by atoms with van der Waals surface area (Å²) in [5, 5.41) is 7.74. The van der Waals surface area contributed by atoms with Gasteiger partial charge in [-0.15, -0.1) is 24.0 Å². The Hall–Kier alpha value is -1.04. The molecule has 6 nitrogen and oxygen atoms in total. The van der Waals surface area contributed by atoms with Crippen LogP contribution in [0.2, 0.25) is 0 Å². The number of alkyl halides is 3. The summed E-state index contributed by atoms with van der Waals surface area (Å²) < 4.78 is 40.4. The van der Waals surface area contributed by atoms with Crippen LogP contribution in [0.1, 0.15) is 23.9 Å². The Morgan fingerprint density at radius 1 is 1.22 bits per heavy atom. The molecule has 1 atom stereocenters. The first kappa shape index (κ1) is 24.0. The smallest absolute Gasteiger partial charge is 0.356 e. The average Bonchev–Trinajstić information content (AvgIpc) is 2.83. The van der Waals surface area contributed by atoms with Gasteiger partial charge in [0.1, 0.15) is 6.04 Å². The maximum atomic E-state index is 12.9. The van der Waals surface area contributed by atoms with Gasteiger partial charge in [-0.3, -0.25) is 14.6 Å². The molecule has 0 radical (unpaired) electrons. The molecule has 1 unspecified atom stereocenters. The molecule has 1 saturated heterocycles. The summed E-state index contributed by atoms with van der Waals surface area (Å²) in [6.45, 7) is 7.80. The lowest BCUT2D eigenvalue weighted by atomic mass is 10.1. The molecule has 2 heterocycles. The minimum absolute atomic E-state index is 0. The molecule has 1 aromatic heterocycles. The van der Waals surface area contributed by atoms with E-state index in [1.165, 1.54) is 17.4 Å². The standard InChI is InChI=1S/C17H29F3N6.HI/c1-12-15(13(2)24(5)23-12)6-7-22-16(21-4)26-10-8-25(9-11-26)14(3)17(18,19)20;/h14H,6-11H2,1-5H3,(H,21,22);1H. The van der Waals surface area contributed by atoms with E-state index in [1.807, 2.05) is 30.5 Å². The lowest BCUT2D eigenvalue weighted by molar-refractivity contribution is -0.181. The molecule has 1 aliphatic heterocycles. The Labute approximate surface area is 176 Å². The van der Waals surface area contributed by atoms with Crippen molar-refractivity contribution >= 4 is 29.9 Å². The fourth-order valence-corrected chi connectivity index (χ4v) is 3.34. The van der Waals surface area contributed by atoms with E-state index in [4.69, 9.17) is 0 Å². The van der Waals surface area contributed by atoms with Gasteiger partial charge < -0.3 is 10.2 Å². The largest absolute Gasteiger partial charge is 0.403 e. The number of rotatable bonds is 4. The van der Waals surface area contributed by atoms with Gasteiger partial charge in [0.2, 0.25) is 0 Å². The van der Waals surface area contributed by atoms with Crippen LogP contribution in [-0.2, 0) is 13.5 Å². The van der Waals surface area contributed by atoms with Gasteiger partial charge in [0.15, 0.2) is 5.96 Å². The number of aliphatic imine (C=N–C) groups is 1. The highest BCUT2D eigenvalue weighted by Gasteiger charge is 2.41. The number of guanidine groups is 1. The number of nitrogens with zero attached hydrogens (tertiary/aromatic N) is 5. The molecule has 0 bridgehead atoms. The van der Waals surface area contributed by atoms with Crippen LogP contribution in [0.15, 0.2) is 4.99 Å². The van der Waals surface area contributed by atoms with Gasteiger partial charge in [-0.25, -0.2) is 0 Å². The van der Waals surface area contributed by atoms with Crippen molar-refractivity contribution in [3.8, 4) is 0 Å². The predicted octanol–water partition coefficient (Wildman–Crippen LogP) is 2.34. The first-order chi connectivity index (χ1) is 12.1. The van der Waals surface area contributed by atoms with Crippen LogP contribution in [0.4, 0.5) is 13.2 Å². The maximum absolute atomic E-state index is 12.9. The predicted molar refractivity (Wildman–Crippen MR) is 112 cm³/mol. The Morgan fingerprint density at radius 3 is 2.26 bits per heavy atom. The van der Waals surface area contributed by atoms with Crippen LogP contribution >= 0.6 is 24.0 Å². The number of hydrogen-bond donors (Lipinski definition) is 1. The molecule has 0 aromatic carbocycles. The summed E-state index contributed by atoms with van der Waals surface area (Å²) in [5.74, 6) is 0.739. The summed E-state index contributed by atoms with van der Waals surface area (Å²) >= 11 is 0. The van der Waals surface area contributed by atoms with Crippen LogP contribution in [0, 0.1) is 13.8 Å². The molecule has 1 aliphatic rings. The van der Waals surface area contributed by atoms with Crippen molar-refractivity contribution in [1.82, 2.24) is 24.9 Å². The highest BCUT2D eigenvalue weighted by molar-refractivity contribution is 14.0. The second-order valence-corrected chi connectivity index (χ2v) is 6.74. The first-order valence-corrected chi connectivity index (χ1v) is 8.90. The average molecular weight is 502 g/mol. The third kappa shape index (κ3) is 5.97. The van der Waals surface area contributed by atoms with Crippen LogP contribution < -0.4 is 5.32 Å². The minimum atomic E-state index is -4.18. The Balaban J connectivity index is 0.00000364. The highest BCUT2D eigenvalue weighted by Crippen LogP contribution is 2.25. The van der Waals surface area contributed by atoms with Crippen molar-refractivity contribution in [2.45, 2.75) is 39.4 Å². The van der Waals surface area contributed by atoms with E-state index in [2.05, 4.69) is 15.4 Å². The maximum Gasteiger partial charge on any atom is 0.403 e. The van der Waals surface area contributed by atoms with E-state index in [9.17, 15) is 13.2 Å². The molecular weight excluding hydrogens is 472 g/mol. The molecule has 10 heteroatoms. The topological polar surface area (TPSA) is 48.7 Å². The number of aryl methyl sites for hydroxylation is 2. The van der Waals surface area contributed by atoms with Gasteiger partial charge in [-0.2, -0.15) is 18.3 Å². The quantitative estimate of drug-likeness (QED) is 0.390. The number of hydrogen-bond acceptors (Lipinski definition) is 3. The molecule has 0 amide bonds. The molecule has 0 spiro atoms. The SMILES string of the molecule is CN=C(NCCc1c(C)nn(C)c1C)N1CCN(C(C)C(F)(F)F)CC1.I. The lowest BCUT2D eigenvalue weighted by Crippen LogP contribution is -2.56. The lowest BCUT2D eigenvalue weighted by Gasteiger charge is -2.39. The molecule has 2 rings (SSSR count). The fourth-order valence-electron chi connectivity index (χ4n) is 3.34. The second-order valence-electron chi connectivity index (χ2n) is 6.74. The van der Waals surface area contributed by atoms with Crippen LogP contribution in [0.25, 0.3) is 0 Å². The van der Waals surface area contributed by atoms with Crippen molar-refractivity contribution in [1.29, 1.82) is 0 Å². The number of nitrogens with one attached hydrogen (secondary N) is 1. The molecule has 1 aromatic rings. The van der Waals surface area contributed by atoms with Crippen molar-refractivity contribution in [2.24, 2.45) is 12.0 Å². The van der Waals surface area contributed by atoms with Crippen molar-refractivity contribution in [2.75, 3.05) is 39.8 Å². The fraction of sp³-hybridized carbons (Fsp3) is 0.765. The van der Waals surface area contributed by atoms with E-state index < -0.39 is 12.2 Å². The van der Waals surface area contributed by atoms with Gasteiger partial charge in [-0.1, -0.05) is 0 Å². The Kier molecular flexibility index (Phi) is 8.84. The van der Waals surface area contributed by atoms with E-state index in [0.29, 0.717) is 32.7 Å². The summed E-state index contributed by atoms with van der Waals surface area (Å²) in [6, 6.07) is -1.41. The zero-order valence-electron chi connectivity index (χ0n) is 16.6. The van der Waals surface area contributed by atoms with Crippen LogP contribution in [0.3, 0.4) is 0 Å². The van der Waals surface area contributed by atoms with Crippen molar-refractivity contribution in [3.05, 3.63) is 17.0 Å². The zero-order chi connectivity index (χ0) is 19.5. The Bertz CT molecular complexity index is 635. The van der Waals surface area contributed by atoms with Crippen LogP contribution in [-0.4, -0.2) is 77.5 Å². The van der Waals surface area contributed by atoms with E-state index in [1.54, 1.807) is 7.05 Å². The number of aromatic nitrogens is 2. The Morgan fingerprint density at radius 2 is 1.81 bits per heavy atom. The third-order valence-electron chi connectivity index (χ3n) is 5.16. The summed E-state index contributed by atoms with van der Waals surface area (Å²) in [5.41, 5.74) is 3.39. The molecule has 1 fully saturated rings. The van der Waals surface area contributed by atoms with Gasteiger partial charge in [0.25, 0.3) is 0 Å². The highest BCUT2D eigenvalue weighted by atomic mass is 127. The summed E-state index contributed by atoms with van der Waals surface area (Å²) in [7, 11) is 3.63. The number of halogens is 4. The van der Waals surface area contributed by atoms with Crippen LogP contribution in [0.5, 0.6) is 0 Å². The van der Waals surface area contributed by atoms with Gasteiger partial charge in [0.05, 0.1) is 5.69 Å². The van der Waals surface area contributed by atoms with Gasteiger partial charge >= 0.3 is 6.18 Å². The molecule has 156 valence electrons. The zero-order valence-corrected chi connectivity index (χ0v) is 18.9. The second kappa shape index (κ2) is 9.94. The van der Waals surface area contributed by atoms with E-state index >= 15 is 0 Å². The molecule has 1 N–H and O–H groups in total. The molecule has 0 saturated carbocycles. The van der Waals surface area contributed by atoms with Crippen molar-refractivity contribution in [3.63, 3.8) is 0 Å². The van der Waals surface area contributed by atoms with Gasteiger partial charge in [-0.05, 0) is 32.8 Å². The first-order valence-electron chi connectivity index (χ1n) is 8.90. The number of piperazine rings is 1. The molecule has 0 aliphatic carbocycles. The van der Waals surface area contributed by atoms with E-state index in [-0.39, 0.29) is 24.0 Å². The minimum Gasteiger partial charge on any atom is -0.356 e. The molecular formula is C17H30F3IN6. The van der Waals surface area contributed by atoms with Gasteiger partial charge in [0, 0.05) is 52.5 Å². The summed E-state index contributed by atoms with van der Waals surface area (Å²) in [4.78, 5) is 7.78. The monoisotopic (exact) mass is 502 g/mol. The molecule has 27 heavy (non-hydrogen) atoms. The van der Waals surface area contributed by atoms with E-state index in [0.717, 1.165) is 23.8 Å². The third-order valence-corrected chi connectivity index (χ3v) is 5.16.